The van der Waals surface area contributed by atoms with Crippen LogP contribution in [-0.2, 0) is 17.6 Å². The van der Waals surface area contributed by atoms with Gasteiger partial charge in [-0.05, 0) is 60.8 Å². The second kappa shape index (κ2) is 8.88. The highest BCUT2D eigenvalue weighted by atomic mass is 16.5. The van der Waals surface area contributed by atoms with Gasteiger partial charge in [0.15, 0.2) is 6.61 Å². The van der Waals surface area contributed by atoms with Crippen LogP contribution < -0.4 is 10.1 Å². The van der Waals surface area contributed by atoms with Crippen molar-refractivity contribution in [2.24, 2.45) is 5.92 Å². The van der Waals surface area contributed by atoms with Crippen LogP contribution in [-0.4, -0.2) is 12.5 Å². The SMILES string of the molecule is CC(C)C[C@@H](NC(=O)COc1cccc2c1CCCC2)c1ccccc1. The highest BCUT2D eigenvalue weighted by Crippen LogP contribution is 2.29. The summed E-state index contributed by atoms with van der Waals surface area (Å²) in [6, 6.07) is 16.4. The van der Waals surface area contributed by atoms with Gasteiger partial charge in [-0.2, -0.15) is 0 Å². The monoisotopic (exact) mass is 351 g/mol. The molecule has 26 heavy (non-hydrogen) atoms. The molecule has 0 aromatic heterocycles. The minimum Gasteiger partial charge on any atom is -0.483 e. The molecule has 0 spiro atoms. The van der Waals surface area contributed by atoms with Gasteiger partial charge in [0.2, 0.25) is 0 Å². The van der Waals surface area contributed by atoms with Crippen LogP contribution in [0.1, 0.15) is 55.8 Å². The van der Waals surface area contributed by atoms with Gasteiger partial charge in [-0.3, -0.25) is 4.79 Å². The maximum absolute atomic E-state index is 12.5. The van der Waals surface area contributed by atoms with E-state index in [-0.39, 0.29) is 18.6 Å². The third kappa shape index (κ3) is 4.87. The Bertz CT molecular complexity index is 724. The molecule has 1 N–H and O–H groups in total. The number of aryl methyl sites for hydroxylation is 1. The fourth-order valence-electron chi connectivity index (χ4n) is 3.70. The molecule has 0 unspecified atom stereocenters. The van der Waals surface area contributed by atoms with Gasteiger partial charge in [0.25, 0.3) is 5.91 Å². The molecule has 0 radical (unpaired) electrons. The summed E-state index contributed by atoms with van der Waals surface area (Å²) in [4.78, 5) is 12.5. The number of amides is 1. The molecule has 1 atom stereocenters. The number of benzene rings is 2. The minimum absolute atomic E-state index is 0.0250. The predicted octanol–water partition coefficient (Wildman–Crippen LogP) is 4.85. The van der Waals surface area contributed by atoms with Gasteiger partial charge in [0, 0.05) is 0 Å². The van der Waals surface area contributed by atoms with Crippen LogP contribution in [0.15, 0.2) is 48.5 Å². The van der Waals surface area contributed by atoms with E-state index in [2.05, 4.69) is 37.4 Å². The quantitative estimate of drug-likeness (QED) is 0.774. The van der Waals surface area contributed by atoms with E-state index in [0.29, 0.717) is 5.92 Å². The Morgan fingerprint density at radius 2 is 1.81 bits per heavy atom. The largest absolute Gasteiger partial charge is 0.483 e. The molecular weight excluding hydrogens is 322 g/mol. The Kier molecular flexibility index (Phi) is 6.32. The zero-order chi connectivity index (χ0) is 18.4. The van der Waals surface area contributed by atoms with Crippen LogP contribution >= 0.6 is 0 Å². The number of hydrogen-bond acceptors (Lipinski definition) is 2. The molecule has 1 aliphatic carbocycles. The third-order valence-electron chi connectivity index (χ3n) is 4.96. The standard InChI is InChI=1S/C23H29NO2/c1-17(2)15-21(19-10-4-3-5-11-19)24-23(25)16-26-22-14-8-12-18-9-6-7-13-20(18)22/h3-5,8,10-12,14,17,21H,6-7,9,13,15-16H2,1-2H3,(H,24,25)/t21-/m1/s1. The van der Waals surface area contributed by atoms with E-state index in [1.54, 1.807) is 0 Å². The van der Waals surface area contributed by atoms with Crippen LogP contribution in [0.5, 0.6) is 5.75 Å². The zero-order valence-corrected chi connectivity index (χ0v) is 15.8. The summed E-state index contributed by atoms with van der Waals surface area (Å²) in [5.41, 5.74) is 3.80. The summed E-state index contributed by atoms with van der Waals surface area (Å²) in [7, 11) is 0. The lowest BCUT2D eigenvalue weighted by molar-refractivity contribution is -0.124. The number of rotatable bonds is 7. The molecule has 3 nitrogen and oxygen atoms in total. The molecule has 1 aliphatic rings. The van der Waals surface area contributed by atoms with Crippen molar-refractivity contribution in [3.05, 3.63) is 65.2 Å². The Hall–Kier alpha value is -2.29. The Labute approximate surface area is 156 Å². The fraction of sp³-hybridized carbons (Fsp3) is 0.435. The maximum Gasteiger partial charge on any atom is 0.258 e. The van der Waals surface area contributed by atoms with E-state index in [9.17, 15) is 4.79 Å². The Morgan fingerprint density at radius 1 is 1.04 bits per heavy atom. The second-order valence-electron chi connectivity index (χ2n) is 7.55. The Balaban J connectivity index is 1.62. The molecule has 0 saturated heterocycles. The molecule has 1 amide bonds. The van der Waals surface area contributed by atoms with Crippen molar-refractivity contribution in [1.82, 2.24) is 5.32 Å². The first-order chi connectivity index (χ1) is 12.6. The predicted molar refractivity (Wildman–Crippen MR) is 105 cm³/mol. The summed E-state index contributed by atoms with van der Waals surface area (Å²) < 4.78 is 5.90. The van der Waals surface area contributed by atoms with Gasteiger partial charge < -0.3 is 10.1 Å². The topological polar surface area (TPSA) is 38.3 Å². The summed E-state index contributed by atoms with van der Waals surface area (Å²) in [6.45, 7) is 4.42. The van der Waals surface area contributed by atoms with E-state index in [1.165, 1.54) is 24.0 Å². The average Bonchev–Trinajstić information content (AvgIpc) is 2.66. The molecule has 0 aliphatic heterocycles. The lowest BCUT2D eigenvalue weighted by atomic mass is 9.91. The number of carbonyl (C=O) groups excluding carboxylic acids is 1. The first-order valence-corrected chi connectivity index (χ1v) is 9.71. The molecule has 0 bridgehead atoms. The van der Waals surface area contributed by atoms with E-state index in [0.717, 1.165) is 30.6 Å². The number of ether oxygens (including phenoxy) is 1. The summed E-state index contributed by atoms with van der Waals surface area (Å²) in [5, 5.41) is 3.15. The van der Waals surface area contributed by atoms with Crippen LogP contribution in [0.2, 0.25) is 0 Å². The third-order valence-corrected chi connectivity index (χ3v) is 4.96. The van der Waals surface area contributed by atoms with Crippen LogP contribution in [0.25, 0.3) is 0 Å². The van der Waals surface area contributed by atoms with Crippen molar-refractivity contribution in [2.75, 3.05) is 6.61 Å². The lowest BCUT2D eigenvalue weighted by Crippen LogP contribution is -2.33. The van der Waals surface area contributed by atoms with Gasteiger partial charge in [-0.1, -0.05) is 56.3 Å². The fourth-order valence-corrected chi connectivity index (χ4v) is 3.70. The molecular formula is C23H29NO2. The highest BCUT2D eigenvalue weighted by Gasteiger charge is 2.18. The second-order valence-corrected chi connectivity index (χ2v) is 7.55. The van der Waals surface area contributed by atoms with Crippen molar-refractivity contribution in [1.29, 1.82) is 0 Å². The number of fused-ring (bicyclic) bond motifs is 1. The number of nitrogens with one attached hydrogen (secondary N) is 1. The first kappa shape index (κ1) is 18.5. The van der Waals surface area contributed by atoms with E-state index < -0.39 is 0 Å². The highest BCUT2D eigenvalue weighted by molar-refractivity contribution is 5.78. The van der Waals surface area contributed by atoms with E-state index >= 15 is 0 Å². The van der Waals surface area contributed by atoms with Crippen molar-refractivity contribution in [2.45, 2.75) is 52.0 Å². The van der Waals surface area contributed by atoms with E-state index in [1.807, 2.05) is 30.3 Å². The minimum atomic E-state index is -0.0621. The molecule has 0 fully saturated rings. The van der Waals surface area contributed by atoms with Crippen molar-refractivity contribution < 1.29 is 9.53 Å². The normalized spacial score (nSPS) is 14.6. The van der Waals surface area contributed by atoms with Crippen molar-refractivity contribution in [3.63, 3.8) is 0 Å². The smallest absolute Gasteiger partial charge is 0.258 e. The maximum atomic E-state index is 12.5. The molecule has 0 saturated carbocycles. The van der Waals surface area contributed by atoms with Gasteiger partial charge in [-0.25, -0.2) is 0 Å². The molecule has 2 aromatic rings. The number of hydrogen-bond donors (Lipinski definition) is 1. The van der Waals surface area contributed by atoms with Crippen molar-refractivity contribution >= 4 is 5.91 Å². The molecule has 3 heteroatoms. The lowest BCUT2D eigenvalue weighted by Gasteiger charge is -2.22. The van der Waals surface area contributed by atoms with Crippen LogP contribution in [0.3, 0.4) is 0 Å². The average molecular weight is 351 g/mol. The Morgan fingerprint density at radius 3 is 2.58 bits per heavy atom. The van der Waals surface area contributed by atoms with Gasteiger partial charge in [0.05, 0.1) is 6.04 Å². The zero-order valence-electron chi connectivity index (χ0n) is 15.8. The van der Waals surface area contributed by atoms with Gasteiger partial charge in [-0.15, -0.1) is 0 Å². The van der Waals surface area contributed by atoms with E-state index in [4.69, 9.17) is 4.74 Å². The summed E-state index contributed by atoms with van der Waals surface area (Å²) in [6.07, 6.45) is 5.52. The molecule has 0 heterocycles. The van der Waals surface area contributed by atoms with Gasteiger partial charge in [0.1, 0.15) is 5.75 Å². The van der Waals surface area contributed by atoms with Crippen LogP contribution in [0, 0.1) is 5.92 Å². The summed E-state index contributed by atoms with van der Waals surface area (Å²) in [5.74, 6) is 1.31. The number of carbonyl (C=O) groups is 1. The first-order valence-electron chi connectivity index (χ1n) is 9.71. The summed E-state index contributed by atoms with van der Waals surface area (Å²) >= 11 is 0. The molecule has 2 aromatic carbocycles. The van der Waals surface area contributed by atoms with Gasteiger partial charge >= 0.3 is 0 Å². The van der Waals surface area contributed by atoms with Crippen molar-refractivity contribution in [3.8, 4) is 5.75 Å². The molecule has 138 valence electrons. The van der Waals surface area contributed by atoms with Crippen LogP contribution in [0.4, 0.5) is 0 Å². The molecule has 3 rings (SSSR count).